The van der Waals surface area contributed by atoms with Gasteiger partial charge < -0.3 is 20.3 Å². The molecule has 0 radical (unpaired) electrons. The van der Waals surface area contributed by atoms with E-state index in [1.54, 1.807) is 24.3 Å². The molecule has 2 rings (SSSR count). The van der Waals surface area contributed by atoms with Gasteiger partial charge in [0, 0.05) is 57.2 Å². The van der Waals surface area contributed by atoms with Crippen LogP contribution >= 0.6 is 11.6 Å². The van der Waals surface area contributed by atoms with Crippen LogP contribution in [0, 0.1) is 0 Å². The van der Waals surface area contributed by atoms with Gasteiger partial charge in [0.15, 0.2) is 0 Å². The van der Waals surface area contributed by atoms with E-state index in [0.29, 0.717) is 17.3 Å². The van der Waals surface area contributed by atoms with E-state index in [1.807, 2.05) is 32.0 Å². The summed E-state index contributed by atoms with van der Waals surface area (Å²) < 4.78 is 33.2. The Hall–Kier alpha value is -2.33. The standard InChI is InChI=1S/C21H29ClN4O4S/c1-5-23-21(27)24-18-9-10-20(25(2)3)16(13-18)15-26(11-12-30-4)31(28,29)19-8-6-7-17(22)14-19/h6-10,13-14H,5,11-12,15H2,1-4H3,(H2,23,24,27). The lowest BCUT2D eigenvalue weighted by atomic mass is 10.1. The molecular weight excluding hydrogens is 440 g/mol. The van der Waals surface area contributed by atoms with E-state index in [9.17, 15) is 13.2 Å². The molecule has 2 N–H and O–H groups in total. The van der Waals surface area contributed by atoms with E-state index in [0.717, 1.165) is 11.3 Å². The van der Waals surface area contributed by atoms with Gasteiger partial charge in [-0.25, -0.2) is 13.2 Å². The summed E-state index contributed by atoms with van der Waals surface area (Å²) >= 11 is 6.02. The molecule has 31 heavy (non-hydrogen) atoms. The minimum Gasteiger partial charge on any atom is -0.383 e. The zero-order valence-corrected chi connectivity index (χ0v) is 19.8. The van der Waals surface area contributed by atoms with Crippen LogP contribution in [0.25, 0.3) is 0 Å². The summed E-state index contributed by atoms with van der Waals surface area (Å²) in [6.07, 6.45) is 0. The number of amides is 2. The number of nitrogens with one attached hydrogen (secondary N) is 2. The predicted molar refractivity (Wildman–Crippen MR) is 124 cm³/mol. The molecule has 170 valence electrons. The summed E-state index contributed by atoms with van der Waals surface area (Å²) in [5, 5.41) is 5.78. The Morgan fingerprint density at radius 1 is 1.16 bits per heavy atom. The van der Waals surface area contributed by atoms with Crippen molar-refractivity contribution in [2.75, 3.05) is 51.1 Å². The molecule has 0 saturated heterocycles. The SMILES string of the molecule is CCNC(=O)Nc1ccc(N(C)C)c(CN(CCOC)S(=O)(=O)c2cccc(Cl)c2)c1. The number of hydrogen-bond donors (Lipinski definition) is 2. The number of hydrogen-bond acceptors (Lipinski definition) is 5. The summed E-state index contributed by atoms with van der Waals surface area (Å²) in [5.74, 6) is 0. The molecule has 2 amide bonds. The van der Waals surface area contributed by atoms with E-state index in [-0.39, 0.29) is 30.6 Å². The van der Waals surface area contributed by atoms with Crippen LogP contribution < -0.4 is 15.5 Å². The van der Waals surface area contributed by atoms with Crippen LogP contribution in [0.5, 0.6) is 0 Å². The molecule has 0 aliphatic carbocycles. The molecule has 0 spiro atoms. The number of sulfonamides is 1. The lowest BCUT2D eigenvalue weighted by Gasteiger charge is -2.25. The maximum atomic E-state index is 13.3. The van der Waals surface area contributed by atoms with Gasteiger partial charge in [-0.1, -0.05) is 17.7 Å². The molecule has 8 nitrogen and oxygen atoms in total. The van der Waals surface area contributed by atoms with Crippen LogP contribution in [-0.4, -0.2) is 59.7 Å². The molecule has 0 aliphatic rings. The molecule has 0 saturated carbocycles. The molecule has 2 aromatic carbocycles. The molecule has 0 aliphatic heterocycles. The highest BCUT2D eigenvalue weighted by atomic mass is 35.5. The van der Waals surface area contributed by atoms with Gasteiger partial charge in [0.1, 0.15) is 0 Å². The molecule has 0 atom stereocenters. The van der Waals surface area contributed by atoms with Gasteiger partial charge in [-0.2, -0.15) is 4.31 Å². The first-order chi connectivity index (χ1) is 14.7. The molecule has 0 unspecified atom stereocenters. The fraction of sp³-hybridized carbons (Fsp3) is 0.381. The van der Waals surface area contributed by atoms with E-state index < -0.39 is 10.0 Å². The quantitative estimate of drug-likeness (QED) is 0.557. The van der Waals surface area contributed by atoms with E-state index in [1.165, 1.54) is 23.5 Å². The number of nitrogens with zero attached hydrogens (tertiary/aromatic N) is 2. The summed E-state index contributed by atoms with van der Waals surface area (Å²) in [6.45, 7) is 2.81. The highest BCUT2D eigenvalue weighted by Gasteiger charge is 2.26. The van der Waals surface area contributed by atoms with E-state index in [4.69, 9.17) is 16.3 Å². The summed E-state index contributed by atoms with van der Waals surface area (Å²) in [6, 6.07) is 11.2. The van der Waals surface area contributed by atoms with Gasteiger partial charge in [-0.3, -0.25) is 0 Å². The van der Waals surface area contributed by atoms with Gasteiger partial charge in [0.25, 0.3) is 0 Å². The average Bonchev–Trinajstić information content (AvgIpc) is 2.71. The Labute approximate surface area is 189 Å². The third kappa shape index (κ3) is 6.83. The molecule has 10 heteroatoms. The van der Waals surface area contributed by atoms with Crippen molar-refractivity contribution in [2.45, 2.75) is 18.4 Å². The highest BCUT2D eigenvalue weighted by molar-refractivity contribution is 7.89. The Balaban J connectivity index is 2.43. The number of methoxy groups -OCH3 is 1. The highest BCUT2D eigenvalue weighted by Crippen LogP contribution is 2.27. The van der Waals surface area contributed by atoms with Crippen molar-refractivity contribution < 1.29 is 17.9 Å². The minimum absolute atomic E-state index is 0.0939. The summed E-state index contributed by atoms with van der Waals surface area (Å²) in [5.41, 5.74) is 2.14. The van der Waals surface area contributed by atoms with E-state index >= 15 is 0 Å². The van der Waals surface area contributed by atoms with Crippen molar-refractivity contribution in [3.8, 4) is 0 Å². The maximum Gasteiger partial charge on any atom is 0.319 e. The van der Waals surface area contributed by atoms with Crippen molar-refractivity contribution in [1.82, 2.24) is 9.62 Å². The Morgan fingerprint density at radius 2 is 1.90 bits per heavy atom. The number of carbonyl (C=O) groups excluding carboxylic acids is 1. The van der Waals surface area contributed by atoms with Gasteiger partial charge in [-0.15, -0.1) is 0 Å². The number of halogens is 1. The first-order valence-corrected chi connectivity index (χ1v) is 11.6. The van der Waals surface area contributed by atoms with Crippen molar-refractivity contribution in [1.29, 1.82) is 0 Å². The van der Waals surface area contributed by atoms with Crippen LogP contribution in [0.2, 0.25) is 5.02 Å². The number of benzene rings is 2. The van der Waals surface area contributed by atoms with Crippen molar-refractivity contribution >= 4 is 39.0 Å². The number of carbonyl (C=O) groups is 1. The number of urea groups is 1. The first-order valence-electron chi connectivity index (χ1n) is 9.78. The number of ether oxygens (including phenoxy) is 1. The lowest BCUT2D eigenvalue weighted by Crippen LogP contribution is -2.34. The van der Waals surface area contributed by atoms with Gasteiger partial charge in [0.2, 0.25) is 10.0 Å². The Bertz CT molecular complexity index is 999. The van der Waals surface area contributed by atoms with Gasteiger partial charge in [-0.05, 0) is 48.9 Å². The van der Waals surface area contributed by atoms with E-state index in [2.05, 4.69) is 10.6 Å². The summed E-state index contributed by atoms with van der Waals surface area (Å²) in [7, 11) is 1.44. The van der Waals surface area contributed by atoms with Gasteiger partial charge in [0.05, 0.1) is 11.5 Å². The van der Waals surface area contributed by atoms with Gasteiger partial charge >= 0.3 is 6.03 Å². The van der Waals surface area contributed by atoms with Crippen LogP contribution in [0.3, 0.4) is 0 Å². The van der Waals surface area contributed by atoms with Crippen LogP contribution in [0.4, 0.5) is 16.2 Å². The third-order valence-corrected chi connectivity index (χ3v) is 6.56. The van der Waals surface area contributed by atoms with Crippen molar-refractivity contribution in [3.05, 3.63) is 53.1 Å². The Kier molecular flexibility index (Phi) is 9.12. The third-order valence-electron chi connectivity index (χ3n) is 4.48. The molecule has 0 bridgehead atoms. The zero-order chi connectivity index (χ0) is 23.0. The second kappa shape index (κ2) is 11.3. The fourth-order valence-corrected chi connectivity index (χ4v) is 4.71. The summed E-state index contributed by atoms with van der Waals surface area (Å²) in [4.78, 5) is 13.9. The van der Waals surface area contributed by atoms with Crippen LogP contribution in [-0.2, 0) is 21.3 Å². The minimum atomic E-state index is -3.83. The largest absolute Gasteiger partial charge is 0.383 e. The number of rotatable bonds is 10. The van der Waals surface area contributed by atoms with Crippen molar-refractivity contribution in [3.63, 3.8) is 0 Å². The zero-order valence-electron chi connectivity index (χ0n) is 18.2. The molecular formula is C21H29ClN4O4S. The number of anilines is 2. The van der Waals surface area contributed by atoms with Crippen LogP contribution in [0.1, 0.15) is 12.5 Å². The molecule has 0 heterocycles. The second-order valence-corrected chi connectivity index (χ2v) is 9.39. The Morgan fingerprint density at radius 3 is 2.52 bits per heavy atom. The predicted octanol–water partition coefficient (Wildman–Crippen LogP) is 3.38. The van der Waals surface area contributed by atoms with Crippen LogP contribution in [0.15, 0.2) is 47.4 Å². The molecule has 0 aromatic heterocycles. The monoisotopic (exact) mass is 468 g/mol. The fourth-order valence-electron chi connectivity index (χ4n) is 3.01. The maximum absolute atomic E-state index is 13.3. The second-order valence-electron chi connectivity index (χ2n) is 7.01. The topological polar surface area (TPSA) is 91.0 Å². The van der Waals surface area contributed by atoms with Crippen molar-refractivity contribution in [2.24, 2.45) is 0 Å². The molecule has 0 fully saturated rings. The smallest absolute Gasteiger partial charge is 0.319 e. The normalized spacial score (nSPS) is 11.4. The lowest BCUT2D eigenvalue weighted by molar-refractivity contribution is 0.177. The first kappa shape index (κ1) is 24.9. The average molecular weight is 469 g/mol. The molecule has 2 aromatic rings.